The molecule has 0 aromatic heterocycles. The monoisotopic (exact) mass is 346 g/mol. The van der Waals surface area contributed by atoms with Gasteiger partial charge in [-0.2, -0.15) is 13.2 Å². The fraction of sp³-hybridized carbons (Fsp3) is 0.562. The summed E-state index contributed by atoms with van der Waals surface area (Å²) in [4.78, 5) is 12.0. The SMILES string of the molecule is Cc1cc(NC(=O)NC2CCC(O)CC2)ccc1OCC(F)(F)F. The van der Waals surface area contributed by atoms with Crippen LogP contribution >= 0.6 is 0 Å². The van der Waals surface area contributed by atoms with Crippen molar-refractivity contribution in [1.82, 2.24) is 5.32 Å². The number of benzene rings is 1. The second-order valence-corrected chi connectivity index (χ2v) is 5.99. The van der Waals surface area contributed by atoms with Crippen LogP contribution in [0.1, 0.15) is 31.2 Å². The second-order valence-electron chi connectivity index (χ2n) is 5.99. The first kappa shape index (κ1) is 18.4. The standard InChI is InChI=1S/C16H21F3N2O3/c1-10-8-12(4-7-14(10)24-9-16(17,18)19)21-15(23)20-11-2-5-13(22)6-3-11/h4,7-8,11,13,22H,2-3,5-6,9H2,1H3,(H2,20,21,23). The van der Waals surface area contributed by atoms with Crippen molar-refractivity contribution in [2.75, 3.05) is 11.9 Å². The summed E-state index contributed by atoms with van der Waals surface area (Å²) in [5, 5.41) is 14.9. The first-order chi connectivity index (χ1) is 11.2. The number of aliphatic hydroxyl groups is 1. The average Bonchev–Trinajstić information content (AvgIpc) is 2.48. The Kier molecular flexibility index (Phi) is 5.93. The number of urea groups is 1. The van der Waals surface area contributed by atoms with Gasteiger partial charge in [0.25, 0.3) is 0 Å². The third-order valence-corrected chi connectivity index (χ3v) is 3.86. The lowest BCUT2D eigenvalue weighted by atomic mass is 9.93. The van der Waals surface area contributed by atoms with E-state index < -0.39 is 12.8 Å². The molecule has 134 valence electrons. The van der Waals surface area contributed by atoms with E-state index in [0.29, 0.717) is 24.1 Å². The predicted octanol–water partition coefficient (Wildman–Crippen LogP) is 3.36. The van der Waals surface area contributed by atoms with Crippen LogP contribution in [0.5, 0.6) is 5.75 Å². The Labute approximate surface area is 138 Å². The van der Waals surface area contributed by atoms with Crippen molar-refractivity contribution < 1.29 is 27.8 Å². The first-order valence-electron chi connectivity index (χ1n) is 7.79. The van der Waals surface area contributed by atoms with Crippen LogP contribution in [0.4, 0.5) is 23.7 Å². The van der Waals surface area contributed by atoms with E-state index in [1.165, 1.54) is 12.1 Å². The van der Waals surface area contributed by atoms with Crippen molar-refractivity contribution in [2.45, 2.75) is 50.9 Å². The molecule has 0 atom stereocenters. The molecule has 1 aliphatic carbocycles. The first-order valence-corrected chi connectivity index (χ1v) is 7.79. The number of ether oxygens (including phenoxy) is 1. The van der Waals surface area contributed by atoms with Crippen LogP contribution in [-0.2, 0) is 0 Å². The van der Waals surface area contributed by atoms with Gasteiger partial charge in [-0.25, -0.2) is 4.79 Å². The number of nitrogens with one attached hydrogen (secondary N) is 2. The molecule has 2 rings (SSSR count). The number of aliphatic hydroxyl groups excluding tert-OH is 1. The molecule has 1 aliphatic rings. The molecule has 1 saturated carbocycles. The summed E-state index contributed by atoms with van der Waals surface area (Å²) in [6.07, 6.45) is -1.92. The Hall–Kier alpha value is -1.96. The van der Waals surface area contributed by atoms with Crippen LogP contribution in [-0.4, -0.2) is 36.1 Å². The summed E-state index contributed by atoms with van der Waals surface area (Å²) in [5.74, 6) is 0.125. The minimum atomic E-state index is -4.39. The van der Waals surface area contributed by atoms with Crippen LogP contribution in [0.15, 0.2) is 18.2 Å². The van der Waals surface area contributed by atoms with Gasteiger partial charge in [-0.15, -0.1) is 0 Å². The van der Waals surface area contributed by atoms with Crippen molar-refractivity contribution in [3.05, 3.63) is 23.8 Å². The van der Waals surface area contributed by atoms with Gasteiger partial charge in [0.15, 0.2) is 6.61 Å². The van der Waals surface area contributed by atoms with Gasteiger partial charge in [-0.05, 0) is 56.4 Å². The minimum absolute atomic E-state index is 0.0175. The highest BCUT2D eigenvalue weighted by atomic mass is 19.4. The molecular weight excluding hydrogens is 325 g/mol. The number of hydrogen-bond donors (Lipinski definition) is 3. The van der Waals surface area contributed by atoms with Gasteiger partial charge in [0.2, 0.25) is 0 Å². The lowest BCUT2D eigenvalue weighted by molar-refractivity contribution is -0.153. The Balaban J connectivity index is 1.86. The van der Waals surface area contributed by atoms with E-state index in [4.69, 9.17) is 4.74 Å². The summed E-state index contributed by atoms with van der Waals surface area (Å²) < 4.78 is 41.2. The lowest BCUT2D eigenvalue weighted by Gasteiger charge is -2.26. The maximum atomic E-state index is 12.2. The van der Waals surface area contributed by atoms with Gasteiger partial charge in [-0.1, -0.05) is 0 Å². The van der Waals surface area contributed by atoms with Gasteiger partial charge in [-0.3, -0.25) is 0 Å². The van der Waals surface area contributed by atoms with Crippen molar-refractivity contribution in [3.8, 4) is 5.75 Å². The number of hydrogen-bond acceptors (Lipinski definition) is 3. The third-order valence-electron chi connectivity index (χ3n) is 3.86. The quantitative estimate of drug-likeness (QED) is 0.783. The zero-order chi connectivity index (χ0) is 17.7. The normalized spacial score (nSPS) is 21.2. The van der Waals surface area contributed by atoms with Gasteiger partial charge in [0, 0.05) is 11.7 Å². The molecule has 0 saturated heterocycles. The smallest absolute Gasteiger partial charge is 0.422 e. The highest BCUT2D eigenvalue weighted by Gasteiger charge is 2.28. The van der Waals surface area contributed by atoms with Crippen molar-refractivity contribution in [3.63, 3.8) is 0 Å². The van der Waals surface area contributed by atoms with E-state index in [-0.39, 0.29) is 23.9 Å². The largest absolute Gasteiger partial charge is 0.484 e. The Bertz CT molecular complexity index is 570. The topological polar surface area (TPSA) is 70.6 Å². The lowest BCUT2D eigenvalue weighted by Crippen LogP contribution is -2.40. The number of rotatable bonds is 4. The number of anilines is 1. The number of halogens is 3. The van der Waals surface area contributed by atoms with Gasteiger partial charge < -0.3 is 20.5 Å². The van der Waals surface area contributed by atoms with E-state index >= 15 is 0 Å². The molecule has 1 aromatic rings. The summed E-state index contributed by atoms with van der Waals surface area (Å²) in [6, 6.07) is 4.08. The Morgan fingerprint density at radius 3 is 2.54 bits per heavy atom. The number of aryl methyl sites for hydroxylation is 1. The van der Waals surface area contributed by atoms with Crippen molar-refractivity contribution in [2.24, 2.45) is 0 Å². The fourth-order valence-corrected chi connectivity index (χ4v) is 2.62. The Morgan fingerprint density at radius 1 is 1.29 bits per heavy atom. The highest BCUT2D eigenvalue weighted by molar-refractivity contribution is 5.89. The molecule has 0 unspecified atom stereocenters. The number of alkyl halides is 3. The number of carbonyl (C=O) groups excluding carboxylic acids is 1. The zero-order valence-electron chi connectivity index (χ0n) is 13.3. The summed E-state index contributed by atoms with van der Waals surface area (Å²) in [5.41, 5.74) is 0.970. The molecule has 0 heterocycles. The predicted molar refractivity (Wildman–Crippen MR) is 83.1 cm³/mol. The van der Waals surface area contributed by atoms with E-state index in [0.717, 1.165) is 12.8 Å². The number of amides is 2. The van der Waals surface area contributed by atoms with Gasteiger partial charge in [0.05, 0.1) is 6.10 Å². The molecule has 24 heavy (non-hydrogen) atoms. The molecule has 1 aromatic carbocycles. The second kappa shape index (κ2) is 7.74. The molecule has 0 spiro atoms. The maximum Gasteiger partial charge on any atom is 0.422 e. The van der Waals surface area contributed by atoms with Crippen LogP contribution in [0, 0.1) is 6.92 Å². The molecule has 3 N–H and O–H groups in total. The van der Waals surface area contributed by atoms with Crippen LogP contribution < -0.4 is 15.4 Å². The fourth-order valence-electron chi connectivity index (χ4n) is 2.62. The van der Waals surface area contributed by atoms with Crippen LogP contribution in [0.25, 0.3) is 0 Å². The average molecular weight is 346 g/mol. The van der Waals surface area contributed by atoms with Gasteiger partial charge >= 0.3 is 12.2 Å². The summed E-state index contributed by atoms with van der Waals surface area (Å²) in [7, 11) is 0. The molecule has 0 radical (unpaired) electrons. The molecule has 5 nitrogen and oxygen atoms in total. The molecule has 1 fully saturated rings. The molecule has 0 aliphatic heterocycles. The number of carbonyl (C=O) groups is 1. The summed E-state index contributed by atoms with van der Waals surface area (Å²) >= 11 is 0. The zero-order valence-corrected chi connectivity index (χ0v) is 13.3. The van der Waals surface area contributed by atoms with Gasteiger partial charge in [0.1, 0.15) is 5.75 Å². The van der Waals surface area contributed by atoms with E-state index in [9.17, 15) is 23.1 Å². The van der Waals surface area contributed by atoms with E-state index in [1.54, 1.807) is 13.0 Å². The minimum Gasteiger partial charge on any atom is -0.484 e. The highest BCUT2D eigenvalue weighted by Crippen LogP contribution is 2.25. The van der Waals surface area contributed by atoms with E-state index in [2.05, 4.69) is 10.6 Å². The van der Waals surface area contributed by atoms with E-state index in [1.807, 2.05) is 0 Å². The molecule has 0 bridgehead atoms. The maximum absolute atomic E-state index is 12.2. The molecular formula is C16H21F3N2O3. The summed E-state index contributed by atoms with van der Waals surface area (Å²) in [6.45, 7) is 0.256. The molecule has 8 heteroatoms. The third kappa shape index (κ3) is 5.92. The Morgan fingerprint density at radius 2 is 1.96 bits per heavy atom. The molecule has 2 amide bonds. The van der Waals surface area contributed by atoms with Crippen LogP contribution in [0.2, 0.25) is 0 Å². The van der Waals surface area contributed by atoms with Crippen molar-refractivity contribution >= 4 is 11.7 Å². The van der Waals surface area contributed by atoms with Crippen molar-refractivity contribution in [1.29, 1.82) is 0 Å². The van der Waals surface area contributed by atoms with Crippen LogP contribution in [0.3, 0.4) is 0 Å².